The molecule has 0 fully saturated rings. The van der Waals surface area contributed by atoms with E-state index >= 15 is 0 Å². The molecule has 0 bridgehead atoms. The van der Waals surface area contributed by atoms with Gasteiger partial charge < -0.3 is 10.6 Å². The summed E-state index contributed by atoms with van der Waals surface area (Å²) in [6, 6.07) is 9.38. The number of hydrogen-bond donors (Lipinski definition) is 2. The third kappa shape index (κ3) is 4.35. The van der Waals surface area contributed by atoms with E-state index in [1.165, 1.54) is 13.0 Å². The van der Waals surface area contributed by atoms with Gasteiger partial charge in [0.2, 0.25) is 5.91 Å². The van der Waals surface area contributed by atoms with Gasteiger partial charge >= 0.3 is 0 Å². The van der Waals surface area contributed by atoms with E-state index in [-0.39, 0.29) is 11.8 Å². The van der Waals surface area contributed by atoms with E-state index < -0.39 is 17.7 Å². The highest BCUT2D eigenvalue weighted by Crippen LogP contribution is 2.17. The summed E-state index contributed by atoms with van der Waals surface area (Å²) in [5.41, 5.74) is 1.45. The zero-order valence-corrected chi connectivity index (χ0v) is 12.7. The smallest absolute Gasteiger partial charge is 0.251 e. The van der Waals surface area contributed by atoms with Gasteiger partial charge in [-0.05, 0) is 48.9 Å². The summed E-state index contributed by atoms with van der Waals surface area (Å²) < 4.78 is 26.2. The molecule has 2 aromatic rings. The molecule has 4 nitrogen and oxygen atoms in total. The second-order valence-electron chi connectivity index (χ2n) is 5.13. The van der Waals surface area contributed by atoms with Crippen molar-refractivity contribution < 1.29 is 18.4 Å². The molecule has 6 heteroatoms. The zero-order valence-electron chi connectivity index (χ0n) is 12.7. The molecule has 120 valence electrons. The molecule has 0 saturated carbocycles. The van der Waals surface area contributed by atoms with Crippen LogP contribution in [0.25, 0.3) is 0 Å². The summed E-state index contributed by atoms with van der Waals surface area (Å²) in [6.45, 7) is 3.07. The van der Waals surface area contributed by atoms with Crippen LogP contribution >= 0.6 is 0 Å². The number of hydrogen-bond acceptors (Lipinski definition) is 2. The van der Waals surface area contributed by atoms with Crippen molar-refractivity contribution in [2.75, 3.05) is 5.32 Å². The van der Waals surface area contributed by atoms with E-state index in [1.54, 1.807) is 31.2 Å². The molecule has 0 radical (unpaired) electrons. The normalized spacial score (nSPS) is 11.7. The summed E-state index contributed by atoms with van der Waals surface area (Å²) in [6.07, 6.45) is 0. The first kappa shape index (κ1) is 16.6. The van der Waals surface area contributed by atoms with Crippen LogP contribution in [-0.4, -0.2) is 11.8 Å². The van der Waals surface area contributed by atoms with E-state index in [2.05, 4.69) is 10.6 Å². The van der Waals surface area contributed by atoms with Crippen LogP contribution in [0.1, 0.15) is 35.8 Å². The van der Waals surface area contributed by atoms with Crippen molar-refractivity contribution in [1.82, 2.24) is 5.32 Å². The highest BCUT2D eigenvalue weighted by atomic mass is 19.2. The molecule has 2 aromatic carbocycles. The third-order valence-corrected chi connectivity index (χ3v) is 3.26. The summed E-state index contributed by atoms with van der Waals surface area (Å²) >= 11 is 0. The van der Waals surface area contributed by atoms with Crippen molar-refractivity contribution in [1.29, 1.82) is 0 Å². The second kappa shape index (κ2) is 7.00. The average molecular weight is 318 g/mol. The number of anilines is 1. The maximum atomic E-state index is 13.2. The number of amides is 2. The SMILES string of the molecule is CC(=O)Nc1ccc(C(=O)NC(C)c2ccc(F)c(F)c2)cc1. The van der Waals surface area contributed by atoms with Gasteiger partial charge in [0.1, 0.15) is 0 Å². The highest BCUT2D eigenvalue weighted by Gasteiger charge is 2.13. The summed E-state index contributed by atoms with van der Waals surface area (Å²) in [5.74, 6) is -2.44. The Labute approximate surface area is 132 Å². The quantitative estimate of drug-likeness (QED) is 0.907. The number of halogens is 2. The first-order valence-electron chi connectivity index (χ1n) is 7.00. The molecule has 2 N–H and O–H groups in total. The summed E-state index contributed by atoms with van der Waals surface area (Å²) in [4.78, 5) is 23.1. The number of carbonyl (C=O) groups excluding carboxylic acids is 2. The molecule has 2 amide bonds. The Morgan fingerprint density at radius 3 is 2.22 bits per heavy atom. The first-order chi connectivity index (χ1) is 10.9. The Morgan fingerprint density at radius 1 is 1.00 bits per heavy atom. The van der Waals surface area contributed by atoms with Crippen LogP contribution in [0.15, 0.2) is 42.5 Å². The Bertz CT molecular complexity index is 730. The first-order valence-corrected chi connectivity index (χ1v) is 7.00. The molecule has 0 heterocycles. The lowest BCUT2D eigenvalue weighted by atomic mass is 10.1. The van der Waals surface area contributed by atoms with E-state index in [1.807, 2.05) is 0 Å². The Morgan fingerprint density at radius 2 is 1.65 bits per heavy atom. The van der Waals surface area contributed by atoms with Gasteiger partial charge in [0.25, 0.3) is 5.91 Å². The van der Waals surface area contributed by atoms with Gasteiger partial charge in [-0.2, -0.15) is 0 Å². The van der Waals surface area contributed by atoms with Crippen molar-refractivity contribution in [3.05, 3.63) is 65.2 Å². The molecule has 0 aliphatic carbocycles. The predicted octanol–water partition coefficient (Wildman–Crippen LogP) is 3.41. The molecule has 0 aliphatic heterocycles. The molecule has 23 heavy (non-hydrogen) atoms. The molecule has 0 aliphatic rings. The van der Waals surface area contributed by atoms with Crippen LogP contribution in [0.2, 0.25) is 0 Å². The summed E-state index contributed by atoms with van der Waals surface area (Å²) in [5, 5.41) is 5.31. The lowest BCUT2D eigenvalue weighted by Crippen LogP contribution is -2.26. The Hall–Kier alpha value is -2.76. The van der Waals surface area contributed by atoms with E-state index in [0.717, 1.165) is 12.1 Å². The van der Waals surface area contributed by atoms with Crippen molar-refractivity contribution in [3.8, 4) is 0 Å². The fourth-order valence-corrected chi connectivity index (χ4v) is 2.05. The van der Waals surface area contributed by atoms with Gasteiger partial charge in [0, 0.05) is 18.2 Å². The number of benzene rings is 2. The molecular weight excluding hydrogens is 302 g/mol. The zero-order chi connectivity index (χ0) is 17.0. The van der Waals surface area contributed by atoms with Crippen molar-refractivity contribution >= 4 is 17.5 Å². The average Bonchev–Trinajstić information content (AvgIpc) is 2.50. The second-order valence-corrected chi connectivity index (χ2v) is 5.13. The maximum Gasteiger partial charge on any atom is 0.251 e. The van der Waals surface area contributed by atoms with Gasteiger partial charge in [-0.15, -0.1) is 0 Å². The van der Waals surface area contributed by atoms with Crippen LogP contribution in [0.5, 0.6) is 0 Å². The van der Waals surface area contributed by atoms with E-state index in [9.17, 15) is 18.4 Å². The van der Waals surface area contributed by atoms with Crippen molar-refractivity contribution in [2.45, 2.75) is 19.9 Å². The molecule has 1 unspecified atom stereocenters. The number of nitrogens with one attached hydrogen (secondary N) is 2. The molecular formula is C17H16F2N2O2. The third-order valence-electron chi connectivity index (χ3n) is 3.26. The maximum absolute atomic E-state index is 13.2. The fraction of sp³-hybridized carbons (Fsp3) is 0.176. The van der Waals surface area contributed by atoms with E-state index in [0.29, 0.717) is 16.8 Å². The van der Waals surface area contributed by atoms with Gasteiger partial charge in [0.15, 0.2) is 11.6 Å². The monoisotopic (exact) mass is 318 g/mol. The molecule has 0 spiro atoms. The minimum Gasteiger partial charge on any atom is -0.346 e. The molecule has 2 rings (SSSR count). The van der Waals surface area contributed by atoms with E-state index in [4.69, 9.17) is 0 Å². The lowest BCUT2D eigenvalue weighted by Gasteiger charge is -2.15. The number of rotatable bonds is 4. The van der Waals surface area contributed by atoms with Crippen molar-refractivity contribution in [2.24, 2.45) is 0 Å². The minimum atomic E-state index is -0.955. The van der Waals surface area contributed by atoms with Crippen LogP contribution in [0, 0.1) is 11.6 Å². The standard InChI is InChI=1S/C17H16F2N2O2/c1-10(13-5-8-15(18)16(19)9-13)20-17(23)12-3-6-14(7-4-12)21-11(2)22/h3-10H,1-2H3,(H,20,23)(H,21,22). The largest absolute Gasteiger partial charge is 0.346 e. The summed E-state index contributed by atoms with van der Waals surface area (Å²) in [7, 11) is 0. The van der Waals surface area contributed by atoms with Crippen LogP contribution in [0.3, 0.4) is 0 Å². The molecule has 0 saturated heterocycles. The van der Waals surface area contributed by atoms with Crippen LogP contribution in [0.4, 0.5) is 14.5 Å². The Kier molecular flexibility index (Phi) is 5.05. The predicted molar refractivity (Wildman–Crippen MR) is 83.0 cm³/mol. The lowest BCUT2D eigenvalue weighted by molar-refractivity contribution is -0.114. The van der Waals surface area contributed by atoms with Crippen LogP contribution < -0.4 is 10.6 Å². The topological polar surface area (TPSA) is 58.2 Å². The van der Waals surface area contributed by atoms with Gasteiger partial charge in [-0.1, -0.05) is 6.07 Å². The van der Waals surface area contributed by atoms with Crippen LogP contribution in [-0.2, 0) is 4.79 Å². The highest BCUT2D eigenvalue weighted by molar-refractivity contribution is 5.95. The van der Waals surface area contributed by atoms with Gasteiger partial charge in [-0.3, -0.25) is 9.59 Å². The minimum absolute atomic E-state index is 0.200. The molecule has 1 atom stereocenters. The van der Waals surface area contributed by atoms with Gasteiger partial charge in [0.05, 0.1) is 6.04 Å². The van der Waals surface area contributed by atoms with Gasteiger partial charge in [-0.25, -0.2) is 8.78 Å². The number of carbonyl (C=O) groups is 2. The van der Waals surface area contributed by atoms with Crippen molar-refractivity contribution in [3.63, 3.8) is 0 Å². The molecule has 0 aromatic heterocycles. The Balaban J connectivity index is 2.05. The fourth-order valence-electron chi connectivity index (χ4n) is 2.05.